The van der Waals surface area contributed by atoms with Crippen LogP contribution < -0.4 is 4.74 Å². The lowest BCUT2D eigenvalue weighted by molar-refractivity contribution is 0.0599. The fourth-order valence-corrected chi connectivity index (χ4v) is 4.31. The van der Waals surface area contributed by atoms with Crippen molar-refractivity contribution >= 4 is 16.0 Å². The average molecular weight is 425 g/mol. The van der Waals surface area contributed by atoms with Crippen LogP contribution in [-0.2, 0) is 14.8 Å². The van der Waals surface area contributed by atoms with Gasteiger partial charge in [-0.1, -0.05) is 18.2 Å². The molecule has 2 atom stereocenters. The molecule has 0 spiro atoms. The van der Waals surface area contributed by atoms with Crippen LogP contribution in [0.5, 0.6) is 5.75 Å². The summed E-state index contributed by atoms with van der Waals surface area (Å²) in [6.07, 6.45) is 0.617. The van der Waals surface area contributed by atoms with Crippen molar-refractivity contribution in [3.05, 3.63) is 65.2 Å². The first-order valence-corrected chi connectivity index (χ1v) is 10.8. The Morgan fingerprint density at radius 2 is 1.83 bits per heavy atom. The maximum absolute atomic E-state index is 14.3. The highest BCUT2D eigenvalue weighted by atomic mass is 32.2. The van der Waals surface area contributed by atoms with Gasteiger partial charge in [-0.15, -0.1) is 0 Å². The fourth-order valence-electron chi connectivity index (χ4n) is 3.42. The van der Waals surface area contributed by atoms with Crippen LogP contribution in [0.15, 0.2) is 42.5 Å². The van der Waals surface area contributed by atoms with Crippen LogP contribution in [0.1, 0.15) is 28.3 Å². The normalized spacial score (nSPS) is 20.3. The lowest BCUT2D eigenvalue weighted by Crippen LogP contribution is -2.47. The molecule has 156 valence electrons. The number of hydrogen-bond acceptors (Lipinski definition) is 5. The van der Waals surface area contributed by atoms with Crippen LogP contribution in [0.4, 0.5) is 8.78 Å². The Kier molecular flexibility index (Phi) is 6.18. The molecule has 0 aliphatic carbocycles. The summed E-state index contributed by atoms with van der Waals surface area (Å²) in [4.78, 5) is 11.7. The van der Waals surface area contributed by atoms with E-state index in [4.69, 9.17) is 4.74 Å². The van der Waals surface area contributed by atoms with Crippen molar-refractivity contribution in [2.75, 3.05) is 26.5 Å². The van der Waals surface area contributed by atoms with Gasteiger partial charge in [-0.3, -0.25) is 0 Å². The van der Waals surface area contributed by atoms with E-state index in [2.05, 4.69) is 4.74 Å². The third kappa shape index (κ3) is 4.91. The van der Waals surface area contributed by atoms with E-state index < -0.39 is 39.6 Å². The van der Waals surface area contributed by atoms with Crippen molar-refractivity contribution < 1.29 is 31.5 Å². The molecule has 2 aromatic rings. The number of methoxy groups -OCH3 is 1. The maximum atomic E-state index is 14.3. The molecule has 6 nitrogen and oxygen atoms in total. The summed E-state index contributed by atoms with van der Waals surface area (Å²) in [6.45, 7) is 0.0932. The summed E-state index contributed by atoms with van der Waals surface area (Å²) >= 11 is 0. The number of hydrogen-bond donors (Lipinski definition) is 0. The number of ether oxygens (including phenoxy) is 2. The summed E-state index contributed by atoms with van der Waals surface area (Å²) in [6, 6.07) is 9.68. The number of sulfonamides is 1. The SMILES string of the molecule is COC(=O)c1ccc(F)c(O[C@@H]2C[C@H](c3ccccc3F)CN(S(C)(=O)=O)C2)c1. The molecule has 9 heteroatoms. The van der Waals surface area contributed by atoms with Gasteiger partial charge in [0.25, 0.3) is 0 Å². The summed E-state index contributed by atoms with van der Waals surface area (Å²) in [7, 11) is -2.37. The van der Waals surface area contributed by atoms with Gasteiger partial charge in [0.05, 0.1) is 25.5 Å². The zero-order valence-corrected chi connectivity index (χ0v) is 16.8. The van der Waals surface area contributed by atoms with Gasteiger partial charge in [-0.05, 0) is 36.2 Å². The molecule has 1 aliphatic rings. The molecule has 1 aliphatic heterocycles. The van der Waals surface area contributed by atoms with E-state index in [1.807, 2.05) is 0 Å². The zero-order chi connectivity index (χ0) is 21.2. The number of carbonyl (C=O) groups is 1. The van der Waals surface area contributed by atoms with Gasteiger partial charge in [-0.2, -0.15) is 4.31 Å². The van der Waals surface area contributed by atoms with Crippen molar-refractivity contribution in [2.45, 2.75) is 18.4 Å². The van der Waals surface area contributed by atoms with E-state index in [1.165, 1.54) is 29.6 Å². The average Bonchev–Trinajstić information content (AvgIpc) is 2.68. The number of benzene rings is 2. The lowest BCUT2D eigenvalue weighted by atomic mass is 9.90. The Morgan fingerprint density at radius 3 is 2.48 bits per heavy atom. The Labute approximate surface area is 168 Å². The van der Waals surface area contributed by atoms with E-state index in [0.717, 1.165) is 12.3 Å². The Balaban J connectivity index is 1.90. The van der Waals surface area contributed by atoms with Gasteiger partial charge in [0, 0.05) is 12.5 Å². The molecule has 1 fully saturated rings. The van der Waals surface area contributed by atoms with E-state index in [-0.39, 0.29) is 30.8 Å². The third-order valence-corrected chi connectivity index (χ3v) is 6.07. The lowest BCUT2D eigenvalue weighted by Gasteiger charge is -2.36. The fraction of sp³-hybridized carbons (Fsp3) is 0.350. The van der Waals surface area contributed by atoms with Crippen LogP contribution in [0.2, 0.25) is 0 Å². The van der Waals surface area contributed by atoms with Crippen molar-refractivity contribution in [1.29, 1.82) is 0 Å². The standard InChI is InChI=1S/C20H21F2NO5S/c1-27-20(24)13-7-8-18(22)19(10-13)28-15-9-14(11-23(12-15)29(2,25)26)16-5-3-4-6-17(16)21/h3-8,10,14-15H,9,11-12H2,1-2H3/t14-,15+/m0/s1. The Bertz CT molecular complexity index is 1010. The van der Waals surface area contributed by atoms with Gasteiger partial charge in [-0.25, -0.2) is 22.0 Å². The van der Waals surface area contributed by atoms with Crippen molar-refractivity contribution in [2.24, 2.45) is 0 Å². The van der Waals surface area contributed by atoms with Gasteiger partial charge in [0.2, 0.25) is 10.0 Å². The summed E-state index contributed by atoms with van der Waals surface area (Å²) in [5.41, 5.74) is 0.476. The summed E-state index contributed by atoms with van der Waals surface area (Å²) in [5.74, 6) is -2.44. The second-order valence-electron chi connectivity index (χ2n) is 6.91. The first-order chi connectivity index (χ1) is 13.7. The molecule has 1 heterocycles. The molecule has 29 heavy (non-hydrogen) atoms. The van der Waals surface area contributed by atoms with Crippen LogP contribution in [0.25, 0.3) is 0 Å². The largest absolute Gasteiger partial charge is 0.486 e. The van der Waals surface area contributed by atoms with Crippen molar-refractivity contribution in [3.8, 4) is 5.75 Å². The van der Waals surface area contributed by atoms with E-state index in [0.29, 0.717) is 5.56 Å². The van der Waals surface area contributed by atoms with Gasteiger partial charge < -0.3 is 9.47 Å². The number of piperidine rings is 1. The topological polar surface area (TPSA) is 72.9 Å². The Morgan fingerprint density at radius 1 is 1.10 bits per heavy atom. The second-order valence-corrected chi connectivity index (χ2v) is 8.89. The number of esters is 1. The van der Waals surface area contributed by atoms with Crippen molar-refractivity contribution in [1.82, 2.24) is 4.31 Å². The van der Waals surface area contributed by atoms with Gasteiger partial charge >= 0.3 is 5.97 Å². The molecule has 0 bridgehead atoms. The van der Waals surface area contributed by atoms with E-state index in [1.54, 1.807) is 18.2 Å². The molecule has 0 aromatic heterocycles. The smallest absolute Gasteiger partial charge is 0.337 e. The van der Waals surface area contributed by atoms with Crippen LogP contribution in [0, 0.1) is 11.6 Å². The minimum atomic E-state index is -3.58. The molecular weight excluding hydrogens is 404 g/mol. The molecule has 0 unspecified atom stereocenters. The molecule has 1 saturated heterocycles. The maximum Gasteiger partial charge on any atom is 0.337 e. The number of nitrogens with zero attached hydrogens (tertiary/aromatic N) is 1. The molecule has 0 amide bonds. The number of rotatable bonds is 5. The summed E-state index contributed by atoms with van der Waals surface area (Å²) < 4.78 is 64.3. The van der Waals surface area contributed by atoms with Crippen molar-refractivity contribution in [3.63, 3.8) is 0 Å². The predicted octanol–water partition coefficient (Wildman–Crippen LogP) is 2.95. The highest BCUT2D eigenvalue weighted by Gasteiger charge is 2.35. The first kappa shape index (κ1) is 21.2. The third-order valence-electron chi connectivity index (χ3n) is 4.84. The molecule has 0 saturated carbocycles. The van der Waals surface area contributed by atoms with E-state index >= 15 is 0 Å². The Hall–Kier alpha value is -2.52. The van der Waals surface area contributed by atoms with Crippen LogP contribution >= 0.6 is 0 Å². The zero-order valence-electron chi connectivity index (χ0n) is 16.0. The molecule has 0 N–H and O–H groups in total. The molecular formula is C20H21F2NO5S. The van der Waals surface area contributed by atoms with Crippen LogP contribution in [0.3, 0.4) is 0 Å². The molecule has 3 rings (SSSR count). The highest BCUT2D eigenvalue weighted by molar-refractivity contribution is 7.88. The predicted molar refractivity (Wildman–Crippen MR) is 102 cm³/mol. The quantitative estimate of drug-likeness (QED) is 0.689. The second kappa shape index (κ2) is 8.46. The van der Waals surface area contributed by atoms with Gasteiger partial charge in [0.15, 0.2) is 11.6 Å². The molecule has 2 aromatic carbocycles. The van der Waals surface area contributed by atoms with E-state index in [9.17, 15) is 22.0 Å². The van der Waals surface area contributed by atoms with Gasteiger partial charge in [0.1, 0.15) is 11.9 Å². The first-order valence-electron chi connectivity index (χ1n) is 8.93. The minimum Gasteiger partial charge on any atom is -0.486 e. The minimum absolute atomic E-state index is 0.00826. The monoisotopic (exact) mass is 425 g/mol. The number of halogens is 2. The van der Waals surface area contributed by atoms with Crippen LogP contribution in [-0.4, -0.2) is 51.3 Å². The summed E-state index contributed by atoms with van der Waals surface area (Å²) in [5, 5.41) is 0. The number of carbonyl (C=O) groups excluding carboxylic acids is 1. The highest BCUT2D eigenvalue weighted by Crippen LogP contribution is 2.32. The molecule has 0 radical (unpaired) electrons.